The van der Waals surface area contributed by atoms with Crippen LogP contribution in [0, 0.1) is 6.92 Å². The Morgan fingerprint density at radius 3 is 2.74 bits per heavy atom. The van der Waals surface area contributed by atoms with Crippen LogP contribution in [0.15, 0.2) is 36.7 Å². The lowest BCUT2D eigenvalue weighted by Crippen LogP contribution is -2.14. The van der Waals surface area contributed by atoms with Gasteiger partial charge in [-0.1, -0.05) is 37.5 Å². The summed E-state index contributed by atoms with van der Waals surface area (Å²) in [4.78, 5) is 4.48. The lowest BCUT2D eigenvalue weighted by Gasteiger charge is -2.25. The summed E-state index contributed by atoms with van der Waals surface area (Å²) >= 11 is 0. The molecule has 0 spiro atoms. The van der Waals surface area contributed by atoms with E-state index in [4.69, 9.17) is 0 Å². The average molecular weight is 255 g/mol. The standard InChI is InChI=1S/C16H21N3/c1-13-7-5-6-10-15(13)18-16-17-11-12-19(16)14-8-3-2-4-9-14/h5-7,10-12,14H,2-4,8-9H2,1H3,(H,17,18). The van der Waals surface area contributed by atoms with Crippen molar-refractivity contribution in [1.82, 2.24) is 9.55 Å². The summed E-state index contributed by atoms with van der Waals surface area (Å²) in [5.41, 5.74) is 2.39. The smallest absolute Gasteiger partial charge is 0.207 e. The molecule has 3 heteroatoms. The number of nitrogens with one attached hydrogen (secondary N) is 1. The van der Waals surface area contributed by atoms with E-state index in [2.05, 4.69) is 52.3 Å². The van der Waals surface area contributed by atoms with Crippen molar-refractivity contribution in [3.63, 3.8) is 0 Å². The van der Waals surface area contributed by atoms with Crippen LogP contribution in [0.3, 0.4) is 0 Å². The fraction of sp³-hybridized carbons (Fsp3) is 0.438. The van der Waals surface area contributed by atoms with Gasteiger partial charge in [-0.05, 0) is 31.4 Å². The van der Waals surface area contributed by atoms with Gasteiger partial charge in [-0.2, -0.15) is 0 Å². The number of aromatic nitrogens is 2. The molecule has 0 amide bonds. The number of hydrogen-bond acceptors (Lipinski definition) is 2. The number of nitrogens with zero attached hydrogens (tertiary/aromatic N) is 2. The second-order valence-corrected chi connectivity index (χ2v) is 5.39. The normalized spacial score (nSPS) is 16.5. The van der Waals surface area contributed by atoms with Gasteiger partial charge in [-0.3, -0.25) is 0 Å². The monoisotopic (exact) mass is 255 g/mol. The van der Waals surface area contributed by atoms with Gasteiger partial charge in [0.25, 0.3) is 0 Å². The zero-order valence-electron chi connectivity index (χ0n) is 11.5. The molecule has 3 nitrogen and oxygen atoms in total. The summed E-state index contributed by atoms with van der Waals surface area (Å²) in [7, 11) is 0. The van der Waals surface area contributed by atoms with Crippen LogP contribution in [0.1, 0.15) is 43.7 Å². The zero-order valence-corrected chi connectivity index (χ0v) is 11.5. The van der Waals surface area contributed by atoms with E-state index in [1.165, 1.54) is 37.7 Å². The molecule has 1 heterocycles. The molecule has 1 saturated carbocycles. The van der Waals surface area contributed by atoms with E-state index < -0.39 is 0 Å². The van der Waals surface area contributed by atoms with Crippen LogP contribution < -0.4 is 5.32 Å². The maximum atomic E-state index is 4.48. The highest BCUT2D eigenvalue weighted by Crippen LogP contribution is 2.31. The predicted molar refractivity (Wildman–Crippen MR) is 78.8 cm³/mol. The van der Waals surface area contributed by atoms with Crippen molar-refractivity contribution in [2.24, 2.45) is 0 Å². The Morgan fingerprint density at radius 2 is 1.95 bits per heavy atom. The lowest BCUT2D eigenvalue weighted by atomic mass is 9.95. The molecule has 0 aliphatic heterocycles. The van der Waals surface area contributed by atoms with Crippen LogP contribution in [-0.2, 0) is 0 Å². The first-order chi connectivity index (χ1) is 9.34. The fourth-order valence-corrected chi connectivity index (χ4v) is 2.90. The Kier molecular flexibility index (Phi) is 3.53. The van der Waals surface area contributed by atoms with Crippen LogP contribution in [0.2, 0.25) is 0 Å². The van der Waals surface area contributed by atoms with Gasteiger partial charge in [0.2, 0.25) is 5.95 Å². The van der Waals surface area contributed by atoms with Crippen molar-refractivity contribution in [2.45, 2.75) is 45.1 Å². The van der Waals surface area contributed by atoms with Crippen LogP contribution in [0.4, 0.5) is 11.6 Å². The molecule has 2 aromatic rings. The molecule has 1 aromatic carbocycles. The van der Waals surface area contributed by atoms with Gasteiger partial charge in [-0.15, -0.1) is 0 Å². The SMILES string of the molecule is Cc1ccccc1Nc1nccn1C1CCCCC1. The van der Waals surface area contributed by atoms with E-state index in [0.717, 1.165) is 11.6 Å². The fourth-order valence-electron chi connectivity index (χ4n) is 2.90. The van der Waals surface area contributed by atoms with Crippen LogP contribution in [-0.4, -0.2) is 9.55 Å². The van der Waals surface area contributed by atoms with Gasteiger partial charge < -0.3 is 9.88 Å². The first-order valence-corrected chi connectivity index (χ1v) is 7.20. The van der Waals surface area contributed by atoms with E-state index in [1.54, 1.807) is 0 Å². The molecule has 0 saturated heterocycles. The molecule has 1 aliphatic carbocycles. The van der Waals surface area contributed by atoms with Crippen molar-refractivity contribution < 1.29 is 0 Å². The quantitative estimate of drug-likeness (QED) is 0.878. The number of hydrogen-bond donors (Lipinski definition) is 1. The molecule has 1 aromatic heterocycles. The van der Waals surface area contributed by atoms with Gasteiger partial charge in [0.1, 0.15) is 0 Å². The summed E-state index contributed by atoms with van der Waals surface area (Å²) in [6.45, 7) is 2.12. The molecular weight excluding hydrogens is 234 g/mol. The Bertz CT molecular complexity index is 538. The number of imidazole rings is 1. The molecule has 1 N–H and O–H groups in total. The molecule has 100 valence electrons. The van der Waals surface area contributed by atoms with E-state index in [-0.39, 0.29) is 0 Å². The van der Waals surface area contributed by atoms with Gasteiger partial charge in [-0.25, -0.2) is 4.98 Å². The molecule has 0 atom stereocenters. The number of rotatable bonds is 3. The Balaban J connectivity index is 1.82. The molecule has 3 rings (SSSR count). The van der Waals surface area contributed by atoms with Crippen molar-refractivity contribution in [3.05, 3.63) is 42.2 Å². The third-order valence-electron chi connectivity index (χ3n) is 4.03. The Hall–Kier alpha value is -1.77. The maximum absolute atomic E-state index is 4.48. The third kappa shape index (κ3) is 2.65. The highest BCUT2D eigenvalue weighted by atomic mass is 15.2. The van der Waals surface area contributed by atoms with Crippen LogP contribution in [0.5, 0.6) is 0 Å². The molecule has 19 heavy (non-hydrogen) atoms. The molecule has 0 unspecified atom stereocenters. The summed E-state index contributed by atoms with van der Waals surface area (Å²) in [6, 6.07) is 8.96. The summed E-state index contributed by atoms with van der Waals surface area (Å²) < 4.78 is 2.31. The average Bonchev–Trinajstić information content (AvgIpc) is 2.91. The van der Waals surface area contributed by atoms with E-state index in [9.17, 15) is 0 Å². The van der Waals surface area contributed by atoms with E-state index >= 15 is 0 Å². The summed E-state index contributed by atoms with van der Waals surface area (Å²) in [5, 5.41) is 3.47. The Morgan fingerprint density at radius 1 is 1.16 bits per heavy atom. The number of aryl methyl sites for hydroxylation is 1. The van der Waals surface area contributed by atoms with Crippen molar-refractivity contribution >= 4 is 11.6 Å². The zero-order chi connectivity index (χ0) is 13.1. The molecular formula is C16H21N3. The number of anilines is 2. The van der Waals surface area contributed by atoms with E-state index in [0.29, 0.717) is 6.04 Å². The first-order valence-electron chi connectivity index (χ1n) is 7.20. The molecule has 1 aliphatic rings. The predicted octanol–water partition coefficient (Wildman–Crippen LogP) is 4.44. The first kappa shape index (κ1) is 12.3. The minimum absolute atomic E-state index is 0.614. The van der Waals surface area contributed by atoms with E-state index in [1.807, 2.05) is 6.20 Å². The Labute approximate surface area is 114 Å². The molecule has 0 radical (unpaired) electrons. The topological polar surface area (TPSA) is 29.9 Å². The largest absolute Gasteiger partial charge is 0.325 e. The summed E-state index contributed by atoms with van der Waals surface area (Å²) in [6.07, 6.45) is 10.6. The molecule has 0 bridgehead atoms. The number of para-hydroxylation sites is 1. The maximum Gasteiger partial charge on any atom is 0.207 e. The van der Waals surface area contributed by atoms with Crippen molar-refractivity contribution in [2.75, 3.05) is 5.32 Å². The minimum atomic E-state index is 0.614. The van der Waals surface area contributed by atoms with Gasteiger partial charge in [0, 0.05) is 24.1 Å². The third-order valence-corrected chi connectivity index (χ3v) is 4.03. The van der Waals surface area contributed by atoms with Crippen molar-refractivity contribution in [1.29, 1.82) is 0 Å². The highest BCUT2D eigenvalue weighted by Gasteiger charge is 2.17. The van der Waals surface area contributed by atoms with Gasteiger partial charge >= 0.3 is 0 Å². The number of benzene rings is 1. The highest BCUT2D eigenvalue weighted by molar-refractivity contribution is 5.58. The van der Waals surface area contributed by atoms with Gasteiger partial charge in [0.15, 0.2) is 0 Å². The second kappa shape index (κ2) is 5.47. The second-order valence-electron chi connectivity index (χ2n) is 5.39. The van der Waals surface area contributed by atoms with Crippen LogP contribution in [0.25, 0.3) is 0 Å². The summed E-state index contributed by atoms with van der Waals surface area (Å²) in [5.74, 6) is 0.973. The lowest BCUT2D eigenvalue weighted by molar-refractivity contribution is 0.356. The van der Waals surface area contributed by atoms with Crippen molar-refractivity contribution in [3.8, 4) is 0 Å². The van der Waals surface area contributed by atoms with Gasteiger partial charge in [0.05, 0.1) is 0 Å². The minimum Gasteiger partial charge on any atom is -0.325 e. The molecule has 1 fully saturated rings. The van der Waals surface area contributed by atoms with Crippen LogP contribution >= 0.6 is 0 Å².